The average Bonchev–Trinajstić information content (AvgIpc) is 2.75. The van der Waals surface area contributed by atoms with Crippen molar-refractivity contribution in [1.29, 1.82) is 0 Å². The molecule has 0 unspecified atom stereocenters. The summed E-state index contributed by atoms with van der Waals surface area (Å²) < 4.78 is 0.683. The topological polar surface area (TPSA) is 101 Å². The van der Waals surface area contributed by atoms with Crippen molar-refractivity contribution in [2.75, 3.05) is 5.32 Å². The maximum Gasteiger partial charge on any atom is 0.272 e. The Balaban J connectivity index is 1.91. The molecule has 0 aliphatic carbocycles. The lowest BCUT2D eigenvalue weighted by Gasteiger charge is -2.12. The number of nitro groups is 1. The smallest absolute Gasteiger partial charge is 0.272 e. The van der Waals surface area contributed by atoms with Crippen molar-refractivity contribution in [3.05, 3.63) is 110 Å². The van der Waals surface area contributed by atoms with Crippen molar-refractivity contribution in [3.8, 4) is 0 Å². The quantitative estimate of drug-likeness (QED) is 0.311. The Labute approximate surface area is 180 Å². The van der Waals surface area contributed by atoms with E-state index in [1.165, 1.54) is 30.3 Å². The van der Waals surface area contributed by atoms with Crippen molar-refractivity contribution in [1.82, 2.24) is 5.32 Å². The van der Waals surface area contributed by atoms with Gasteiger partial charge in [0.15, 0.2) is 0 Å². The van der Waals surface area contributed by atoms with Crippen LogP contribution in [0.4, 0.5) is 11.4 Å². The summed E-state index contributed by atoms with van der Waals surface area (Å²) >= 11 is 3.36. The number of para-hydroxylation sites is 1. The average molecular weight is 466 g/mol. The predicted molar refractivity (Wildman–Crippen MR) is 118 cm³/mol. The fraction of sp³-hybridized carbons (Fsp3) is 0. The van der Waals surface area contributed by atoms with Gasteiger partial charge in [0.1, 0.15) is 5.70 Å². The fourth-order valence-electron chi connectivity index (χ4n) is 2.55. The molecule has 0 spiro atoms. The highest BCUT2D eigenvalue weighted by Crippen LogP contribution is 2.22. The third kappa shape index (κ3) is 5.39. The number of anilines is 1. The van der Waals surface area contributed by atoms with Crippen LogP contribution < -0.4 is 10.6 Å². The van der Waals surface area contributed by atoms with Gasteiger partial charge in [0, 0.05) is 22.2 Å². The maximum atomic E-state index is 12.9. The molecule has 0 aromatic heterocycles. The summed E-state index contributed by atoms with van der Waals surface area (Å²) in [5, 5.41) is 16.2. The van der Waals surface area contributed by atoms with Gasteiger partial charge in [0.2, 0.25) is 0 Å². The van der Waals surface area contributed by atoms with Crippen LogP contribution in [0.5, 0.6) is 0 Å². The number of hydrogen-bond acceptors (Lipinski definition) is 4. The van der Waals surface area contributed by atoms with E-state index < -0.39 is 16.7 Å². The number of non-ortho nitro benzene ring substituents is 1. The van der Waals surface area contributed by atoms with Gasteiger partial charge >= 0.3 is 0 Å². The van der Waals surface area contributed by atoms with Gasteiger partial charge in [0.25, 0.3) is 17.5 Å². The van der Waals surface area contributed by atoms with E-state index >= 15 is 0 Å². The zero-order valence-corrected chi connectivity index (χ0v) is 17.1. The molecule has 0 aliphatic heterocycles. The molecule has 0 saturated heterocycles. The summed E-state index contributed by atoms with van der Waals surface area (Å²) in [5.41, 5.74) is 1.37. The highest BCUT2D eigenvalue weighted by molar-refractivity contribution is 9.10. The third-order valence-corrected chi connectivity index (χ3v) is 4.76. The van der Waals surface area contributed by atoms with Crippen LogP contribution in [-0.4, -0.2) is 16.7 Å². The summed E-state index contributed by atoms with van der Waals surface area (Å²) in [6, 6.07) is 21.2. The van der Waals surface area contributed by atoms with E-state index in [9.17, 15) is 19.7 Å². The molecule has 0 atom stereocenters. The number of benzene rings is 3. The molecule has 2 amide bonds. The second-order valence-electron chi connectivity index (χ2n) is 6.16. The van der Waals surface area contributed by atoms with Gasteiger partial charge in [-0.15, -0.1) is 0 Å². The molecule has 150 valence electrons. The number of carbonyl (C=O) groups excluding carboxylic acids is 2. The molecular weight excluding hydrogens is 450 g/mol. The first kappa shape index (κ1) is 20.9. The Kier molecular flexibility index (Phi) is 6.71. The van der Waals surface area contributed by atoms with Gasteiger partial charge < -0.3 is 10.6 Å². The van der Waals surface area contributed by atoms with Crippen LogP contribution in [0.2, 0.25) is 0 Å². The highest BCUT2D eigenvalue weighted by Gasteiger charge is 2.16. The van der Waals surface area contributed by atoms with Crippen LogP contribution in [0.15, 0.2) is 89.0 Å². The van der Waals surface area contributed by atoms with Gasteiger partial charge in [-0.05, 0) is 64.0 Å². The van der Waals surface area contributed by atoms with Gasteiger partial charge in [-0.3, -0.25) is 19.7 Å². The molecule has 3 aromatic rings. The van der Waals surface area contributed by atoms with Gasteiger partial charge in [-0.25, -0.2) is 0 Å². The summed E-state index contributed by atoms with van der Waals surface area (Å²) in [5.74, 6) is -0.990. The molecule has 0 fully saturated rings. The standard InChI is InChI=1S/C22H16BrN3O4/c23-18-8-4-5-9-19(18)24-22(28)20(25-21(27)16-6-2-1-3-7-16)14-15-10-12-17(13-11-15)26(29)30/h1-14H,(H,24,28)(H,25,27)/b20-14+. The van der Waals surface area contributed by atoms with E-state index in [2.05, 4.69) is 26.6 Å². The lowest BCUT2D eigenvalue weighted by atomic mass is 10.1. The number of rotatable bonds is 6. The molecule has 2 N–H and O–H groups in total. The molecule has 8 heteroatoms. The Bertz CT molecular complexity index is 1110. The minimum absolute atomic E-state index is 0.00606. The monoisotopic (exact) mass is 465 g/mol. The first-order valence-electron chi connectivity index (χ1n) is 8.82. The minimum Gasteiger partial charge on any atom is -0.320 e. The summed E-state index contributed by atoms with van der Waals surface area (Å²) in [4.78, 5) is 35.8. The Morgan fingerprint density at radius 3 is 2.17 bits per heavy atom. The number of nitrogens with zero attached hydrogens (tertiary/aromatic N) is 1. The lowest BCUT2D eigenvalue weighted by Crippen LogP contribution is -2.30. The molecule has 3 rings (SSSR count). The summed E-state index contributed by atoms with van der Waals surface area (Å²) in [6.45, 7) is 0. The van der Waals surface area contributed by atoms with Crippen LogP contribution >= 0.6 is 15.9 Å². The normalized spacial score (nSPS) is 10.9. The largest absolute Gasteiger partial charge is 0.320 e. The first-order chi connectivity index (χ1) is 14.4. The van der Waals surface area contributed by atoms with Crippen LogP contribution in [0, 0.1) is 10.1 Å². The third-order valence-electron chi connectivity index (χ3n) is 4.07. The number of halogens is 1. The van der Waals surface area contributed by atoms with Crippen molar-refractivity contribution < 1.29 is 14.5 Å². The number of nitrogens with one attached hydrogen (secondary N) is 2. The molecule has 0 aliphatic rings. The molecule has 7 nitrogen and oxygen atoms in total. The Morgan fingerprint density at radius 2 is 1.53 bits per heavy atom. The Hall–Kier alpha value is -3.78. The zero-order valence-electron chi connectivity index (χ0n) is 15.5. The number of carbonyl (C=O) groups is 2. The molecule has 0 saturated carbocycles. The van der Waals surface area contributed by atoms with Crippen LogP contribution in [-0.2, 0) is 4.79 Å². The number of nitro benzene ring substituents is 1. The van der Waals surface area contributed by atoms with Gasteiger partial charge in [-0.2, -0.15) is 0 Å². The molecule has 30 heavy (non-hydrogen) atoms. The van der Waals surface area contributed by atoms with Crippen molar-refractivity contribution in [3.63, 3.8) is 0 Å². The first-order valence-corrected chi connectivity index (χ1v) is 9.62. The van der Waals surface area contributed by atoms with Crippen molar-refractivity contribution in [2.24, 2.45) is 0 Å². The van der Waals surface area contributed by atoms with E-state index in [1.54, 1.807) is 48.5 Å². The predicted octanol–water partition coefficient (Wildman–Crippen LogP) is 4.77. The lowest BCUT2D eigenvalue weighted by molar-refractivity contribution is -0.384. The molecule has 0 bridgehead atoms. The second-order valence-corrected chi connectivity index (χ2v) is 7.02. The molecule has 0 heterocycles. The van der Waals surface area contributed by atoms with Gasteiger partial charge in [-0.1, -0.05) is 30.3 Å². The maximum absolute atomic E-state index is 12.9. The van der Waals surface area contributed by atoms with E-state index in [0.29, 0.717) is 21.3 Å². The molecule has 0 radical (unpaired) electrons. The van der Waals surface area contributed by atoms with Crippen molar-refractivity contribution >= 4 is 45.2 Å². The number of amides is 2. The fourth-order valence-corrected chi connectivity index (χ4v) is 2.94. The van der Waals surface area contributed by atoms with Crippen LogP contribution in [0.3, 0.4) is 0 Å². The van der Waals surface area contributed by atoms with Crippen molar-refractivity contribution in [2.45, 2.75) is 0 Å². The minimum atomic E-state index is -0.537. The van der Waals surface area contributed by atoms with E-state index in [1.807, 2.05) is 6.07 Å². The molecule has 3 aromatic carbocycles. The van der Waals surface area contributed by atoms with E-state index in [4.69, 9.17) is 0 Å². The van der Waals surface area contributed by atoms with Gasteiger partial charge in [0.05, 0.1) is 10.6 Å². The highest BCUT2D eigenvalue weighted by atomic mass is 79.9. The SMILES string of the molecule is O=C(Nc1ccccc1Br)/C(=C\c1ccc([N+](=O)[O-])cc1)NC(=O)c1ccccc1. The molecular formula is C22H16BrN3O4. The van der Waals surface area contributed by atoms with E-state index in [-0.39, 0.29) is 11.4 Å². The second kappa shape index (κ2) is 9.62. The summed E-state index contributed by atoms with van der Waals surface area (Å²) in [7, 11) is 0. The summed E-state index contributed by atoms with van der Waals surface area (Å²) in [6.07, 6.45) is 1.46. The number of hydrogen-bond donors (Lipinski definition) is 2. The van der Waals surface area contributed by atoms with Crippen LogP contribution in [0.1, 0.15) is 15.9 Å². The van der Waals surface area contributed by atoms with E-state index in [0.717, 1.165) is 0 Å². The van der Waals surface area contributed by atoms with Crippen LogP contribution in [0.25, 0.3) is 6.08 Å². The zero-order chi connectivity index (χ0) is 21.5. The Morgan fingerprint density at radius 1 is 0.900 bits per heavy atom.